The molecule has 0 saturated heterocycles. The average molecular weight is 404 g/mol. The summed E-state index contributed by atoms with van der Waals surface area (Å²) in [5, 5.41) is 0. The van der Waals surface area contributed by atoms with Crippen molar-refractivity contribution in [1.82, 2.24) is 0 Å². The number of hydrogen-bond acceptors (Lipinski definition) is 4. The molecular weight excluding hydrogens is 374 g/mol. The fraction of sp³-hybridized carbons (Fsp3) is 0.308. The maximum atomic E-state index is 11.6. The van der Waals surface area contributed by atoms with Crippen LogP contribution in [0.4, 0.5) is 5.69 Å². The van der Waals surface area contributed by atoms with E-state index in [1.165, 1.54) is 12.8 Å². The van der Waals surface area contributed by atoms with Gasteiger partial charge in [-0.05, 0) is 61.7 Å². The second-order valence-corrected chi connectivity index (χ2v) is 7.37. The normalized spacial score (nSPS) is 15.9. The van der Waals surface area contributed by atoms with E-state index >= 15 is 0 Å². The second-order valence-electron chi connectivity index (χ2n) is 7.37. The van der Waals surface area contributed by atoms with Gasteiger partial charge in [0.15, 0.2) is 5.78 Å². The molecule has 0 radical (unpaired) electrons. The smallest absolute Gasteiger partial charge is 0.227 e. The molecule has 0 bridgehead atoms. The number of carbonyl (C=O) groups is 1. The van der Waals surface area contributed by atoms with Gasteiger partial charge < -0.3 is 9.47 Å². The molecule has 0 saturated carbocycles. The number of allylic oxidation sites excluding steroid dienone is 3. The van der Waals surface area contributed by atoms with Crippen molar-refractivity contribution < 1.29 is 14.3 Å². The van der Waals surface area contributed by atoms with Gasteiger partial charge in [0, 0.05) is 11.1 Å². The van der Waals surface area contributed by atoms with Crippen molar-refractivity contribution in [3.05, 3.63) is 77.4 Å². The first-order chi connectivity index (χ1) is 14.6. The Morgan fingerprint density at radius 2 is 1.73 bits per heavy atom. The number of fused-ring (bicyclic) bond motifs is 1. The van der Waals surface area contributed by atoms with Crippen LogP contribution in [-0.4, -0.2) is 18.8 Å². The lowest BCUT2D eigenvalue weighted by atomic mass is 10.00. The van der Waals surface area contributed by atoms with Crippen LogP contribution < -0.4 is 4.74 Å². The Bertz CT molecular complexity index is 968. The van der Waals surface area contributed by atoms with Gasteiger partial charge in [-0.15, -0.1) is 0 Å². The SMILES string of the molecule is CCCCCCC(/C=C/C(C)=O)=C1\OC(=Nc2ccc(OC)cc2)c2ccccc21. The summed E-state index contributed by atoms with van der Waals surface area (Å²) < 4.78 is 11.5. The second kappa shape index (κ2) is 10.6. The number of ether oxygens (including phenoxy) is 2. The van der Waals surface area contributed by atoms with Crippen molar-refractivity contribution >= 4 is 23.1 Å². The first-order valence-electron chi connectivity index (χ1n) is 10.5. The molecule has 4 nitrogen and oxygen atoms in total. The van der Waals surface area contributed by atoms with Crippen LogP contribution in [0.15, 0.2) is 71.2 Å². The molecule has 2 aromatic rings. The molecule has 156 valence electrons. The van der Waals surface area contributed by atoms with Gasteiger partial charge in [0.25, 0.3) is 0 Å². The highest BCUT2D eigenvalue weighted by atomic mass is 16.5. The lowest BCUT2D eigenvalue weighted by molar-refractivity contribution is -0.112. The highest BCUT2D eigenvalue weighted by Crippen LogP contribution is 2.36. The fourth-order valence-electron chi connectivity index (χ4n) is 3.40. The third kappa shape index (κ3) is 5.47. The van der Waals surface area contributed by atoms with E-state index in [1.54, 1.807) is 20.1 Å². The molecule has 0 atom stereocenters. The Morgan fingerprint density at radius 1 is 1.00 bits per heavy atom. The van der Waals surface area contributed by atoms with Gasteiger partial charge in [-0.3, -0.25) is 4.79 Å². The van der Waals surface area contributed by atoms with Gasteiger partial charge in [-0.2, -0.15) is 0 Å². The first-order valence-corrected chi connectivity index (χ1v) is 10.5. The van der Waals surface area contributed by atoms with Crippen molar-refractivity contribution in [3.63, 3.8) is 0 Å². The number of ketones is 1. The summed E-state index contributed by atoms with van der Waals surface area (Å²) in [6.07, 6.45) is 9.00. The Morgan fingerprint density at radius 3 is 2.40 bits per heavy atom. The summed E-state index contributed by atoms with van der Waals surface area (Å²) in [6, 6.07) is 15.6. The highest BCUT2D eigenvalue weighted by molar-refractivity contribution is 6.07. The number of carbonyl (C=O) groups excluding carboxylic acids is 1. The summed E-state index contributed by atoms with van der Waals surface area (Å²) >= 11 is 0. The molecule has 1 aliphatic rings. The quantitative estimate of drug-likeness (QED) is 0.349. The third-order valence-corrected chi connectivity index (χ3v) is 5.01. The molecule has 2 aromatic carbocycles. The van der Waals surface area contributed by atoms with E-state index in [1.807, 2.05) is 48.5 Å². The number of hydrogen-bond donors (Lipinski definition) is 0. The molecule has 1 aliphatic heterocycles. The Hall–Kier alpha value is -3.14. The number of benzene rings is 2. The number of rotatable bonds is 9. The van der Waals surface area contributed by atoms with Crippen LogP contribution in [0, 0.1) is 0 Å². The molecule has 0 N–H and O–H groups in total. The minimum absolute atomic E-state index is 0.0278. The topological polar surface area (TPSA) is 47.9 Å². The average Bonchev–Trinajstić information content (AvgIpc) is 3.12. The van der Waals surface area contributed by atoms with Crippen molar-refractivity contribution in [3.8, 4) is 5.75 Å². The number of nitrogens with zero attached hydrogens (tertiary/aromatic N) is 1. The molecule has 0 aliphatic carbocycles. The maximum Gasteiger partial charge on any atom is 0.227 e. The summed E-state index contributed by atoms with van der Waals surface area (Å²) in [7, 11) is 1.64. The van der Waals surface area contributed by atoms with Crippen LogP contribution >= 0.6 is 0 Å². The van der Waals surface area contributed by atoms with Crippen molar-refractivity contribution in [2.45, 2.75) is 46.0 Å². The Labute approximate surface area is 178 Å². The van der Waals surface area contributed by atoms with Crippen LogP contribution in [0.25, 0.3) is 5.76 Å². The number of unbranched alkanes of at least 4 members (excludes halogenated alkanes) is 3. The lowest BCUT2D eigenvalue weighted by Crippen LogP contribution is -1.97. The number of methoxy groups -OCH3 is 1. The fourth-order valence-corrected chi connectivity index (χ4v) is 3.40. The minimum Gasteiger partial charge on any atom is -0.497 e. The molecule has 30 heavy (non-hydrogen) atoms. The predicted molar refractivity (Wildman–Crippen MR) is 122 cm³/mol. The van der Waals surface area contributed by atoms with E-state index in [0.717, 1.165) is 53.2 Å². The highest BCUT2D eigenvalue weighted by Gasteiger charge is 2.26. The largest absolute Gasteiger partial charge is 0.497 e. The van der Waals surface area contributed by atoms with E-state index in [2.05, 4.69) is 13.0 Å². The predicted octanol–water partition coefficient (Wildman–Crippen LogP) is 6.63. The summed E-state index contributed by atoms with van der Waals surface area (Å²) in [4.78, 5) is 16.3. The molecule has 0 aromatic heterocycles. The minimum atomic E-state index is 0.0278. The van der Waals surface area contributed by atoms with Gasteiger partial charge >= 0.3 is 0 Å². The van der Waals surface area contributed by atoms with E-state index < -0.39 is 0 Å². The van der Waals surface area contributed by atoms with Gasteiger partial charge in [0.05, 0.1) is 12.8 Å². The zero-order chi connectivity index (χ0) is 21.3. The number of aliphatic imine (C=N–C) groups is 1. The zero-order valence-electron chi connectivity index (χ0n) is 18.0. The van der Waals surface area contributed by atoms with Crippen molar-refractivity contribution in [1.29, 1.82) is 0 Å². The Kier molecular flexibility index (Phi) is 7.61. The van der Waals surface area contributed by atoms with Gasteiger partial charge in [0.1, 0.15) is 11.5 Å². The third-order valence-electron chi connectivity index (χ3n) is 5.01. The molecule has 3 rings (SSSR count). The van der Waals surface area contributed by atoms with Gasteiger partial charge in [0.2, 0.25) is 5.90 Å². The zero-order valence-corrected chi connectivity index (χ0v) is 18.0. The first kappa shape index (κ1) is 21.6. The van der Waals surface area contributed by atoms with Gasteiger partial charge in [-0.1, -0.05) is 50.5 Å². The molecule has 1 heterocycles. The lowest BCUT2D eigenvalue weighted by Gasteiger charge is -2.08. The maximum absolute atomic E-state index is 11.6. The van der Waals surface area contributed by atoms with E-state index in [0.29, 0.717) is 5.90 Å². The van der Waals surface area contributed by atoms with Crippen LogP contribution in [0.2, 0.25) is 0 Å². The summed E-state index contributed by atoms with van der Waals surface area (Å²) in [6.45, 7) is 3.77. The molecule has 0 fully saturated rings. The Balaban J connectivity index is 1.98. The monoisotopic (exact) mass is 403 g/mol. The molecule has 0 spiro atoms. The molecule has 0 amide bonds. The molecular formula is C26H29NO3. The van der Waals surface area contributed by atoms with Crippen LogP contribution in [0.3, 0.4) is 0 Å². The molecule has 0 unspecified atom stereocenters. The van der Waals surface area contributed by atoms with Crippen molar-refractivity contribution in [2.75, 3.05) is 7.11 Å². The van der Waals surface area contributed by atoms with Crippen LogP contribution in [0.1, 0.15) is 57.1 Å². The summed E-state index contributed by atoms with van der Waals surface area (Å²) in [5.41, 5.74) is 3.81. The van der Waals surface area contributed by atoms with E-state index in [-0.39, 0.29) is 5.78 Å². The van der Waals surface area contributed by atoms with E-state index in [4.69, 9.17) is 14.5 Å². The standard InChI is InChI=1S/C26H29NO3/c1-4-5-6-7-10-20(14-13-19(2)28)25-23-11-8-9-12-24(23)26(30-25)27-21-15-17-22(29-3)18-16-21/h8-9,11-18H,4-7,10H2,1-3H3/b14-13+,25-20+,27-26?. The molecule has 4 heteroatoms. The van der Waals surface area contributed by atoms with E-state index in [9.17, 15) is 4.79 Å². The van der Waals surface area contributed by atoms with Gasteiger partial charge in [-0.25, -0.2) is 4.99 Å². The van der Waals surface area contributed by atoms with Crippen LogP contribution in [0.5, 0.6) is 5.75 Å². The van der Waals surface area contributed by atoms with Crippen LogP contribution in [-0.2, 0) is 9.53 Å². The summed E-state index contributed by atoms with van der Waals surface area (Å²) in [5.74, 6) is 2.19. The van der Waals surface area contributed by atoms with Crippen molar-refractivity contribution in [2.24, 2.45) is 4.99 Å².